The maximum atomic E-state index is 13.0. The minimum Gasteiger partial charge on any atom is -0.362 e. The van der Waals surface area contributed by atoms with Crippen LogP contribution in [0.5, 0.6) is 0 Å². The van der Waals surface area contributed by atoms with Crippen molar-refractivity contribution in [3.05, 3.63) is 35.9 Å². The molecule has 1 aliphatic rings. The van der Waals surface area contributed by atoms with Gasteiger partial charge in [0.2, 0.25) is 0 Å². The summed E-state index contributed by atoms with van der Waals surface area (Å²) in [5.74, 6) is -0.560. The Morgan fingerprint density at radius 1 is 1.41 bits per heavy atom. The highest BCUT2D eigenvalue weighted by molar-refractivity contribution is 7.99. The molecule has 1 aliphatic heterocycles. The maximum Gasteiger partial charge on any atom is 0.438 e. The molecule has 1 heterocycles. The highest BCUT2D eigenvalue weighted by atomic mass is 32.2. The molecule has 1 N–H and O–H groups in total. The zero-order valence-electron chi connectivity index (χ0n) is 11.8. The molecular weight excluding hydrogens is 317 g/mol. The van der Waals surface area contributed by atoms with Gasteiger partial charge < -0.3 is 5.11 Å². The van der Waals surface area contributed by atoms with E-state index in [1.807, 2.05) is 30.3 Å². The highest BCUT2D eigenvalue weighted by Gasteiger charge is 2.62. The molecule has 4 nitrogen and oxygen atoms in total. The van der Waals surface area contributed by atoms with Crippen molar-refractivity contribution in [2.24, 2.45) is 5.10 Å². The van der Waals surface area contributed by atoms with Gasteiger partial charge in [-0.15, -0.1) is 11.8 Å². The summed E-state index contributed by atoms with van der Waals surface area (Å²) in [5.41, 5.74) is -2.20. The van der Waals surface area contributed by atoms with Crippen LogP contribution in [0, 0.1) is 0 Å². The maximum absolute atomic E-state index is 13.0. The molecule has 0 radical (unpaired) electrons. The van der Waals surface area contributed by atoms with Gasteiger partial charge in [0.15, 0.2) is 0 Å². The molecule has 0 saturated carbocycles. The Morgan fingerprint density at radius 2 is 2.05 bits per heavy atom. The topological polar surface area (TPSA) is 52.9 Å². The molecule has 22 heavy (non-hydrogen) atoms. The number of thioether (sulfide) groups is 1. The van der Waals surface area contributed by atoms with Crippen molar-refractivity contribution in [1.29, 1.82) is 0 Å². The summed E-state index contributed by atoms with van der Waals surface area (Å²) in [7, 11) is 0. The minimum atomic E-state index is -4.95. The summed E-state index contributed by atoms with van der Waals surface area (Å²) in [6, 6.07) is 9.26. The second-order valence-corrected chi connectivity index (χ2v) is 6.00. The number of alkyl halides is 3. The molecule has 120 valence electrons. The molecule has 2 rings (SSSR count). The Kier molecular flexibility index (Phi) is 4.81. The largest absolute Gasteiger partial charge is 0.438 e. The third-order valence-electron chi connectivity index (χ3n) is 3.15. The van der Waals surface area contributed by atoms with Crippen LogP contribution in [0.4, 0.5) is 13.2 Å². The Hall–Kier alpha value is -1.54. The number of aliphatic hydroxyl groups is 1. The summed E-state index contributed by atoms with van der Waals surface area (Å²) in [6.07, 6.45) is -5.67. The summed E-state index contributed by atoms with van der Waals surface area (Å²) >= 11 is 1.17. The normalized spacial score (nSPS) is 21.9. The lowest BCUT2D eigenvalue weighted by Gasteiger charge is -2.32. The van der Waals surface area contributed by atoms with Crippen molar-refractivity contribution in [3.63, 3.8) is 0 Å². The van der Waals surface area contributed by atoms with Gasteiger partial charge in [0, 0.05) is 17.9 Å². The van der Waals surface area contributed by atoms with Gasteiger partial charge in [-0.3, -0.25) is 4.79 Å². The van der Waals surface area contributed by atoms with Gasteiger partial charge in [-0.1, -0.05) is 30.3 Å². The lowest BCUT2D eigenvalue weighted by atomic mass is 10.1. The number of hydrogen-bond donors (Lipinski definition) is 1. The van der Waals surface area contributed by atoms with Crippen molar-refractivity contribution in [2.45, 2.75) is 31.0 Å². The van der Waals surface area contributed by atoms with E-state index in [0.29, 0.717) is 5.75 Å². The number of carbonyl (C=O) groups is 1. The third-order valence-corrected chi connectivity index (χ3v) is 4.14. The summed E-state index contributed by atoms with van der Waals surface area (Å²) in [6.45, 7) is 1.35. The molecule has 1 aromatic rings. The number of benzene rings is 1. The zero-order valence-corrected chi connectivity index (χ0v) is 12.6. The first-order chi connectivity index (χ1) is 10.2. The van der Waals surface area contributed by atoms with Gasteiger partial charge in [-0.2, -0.15) is 23.3 Å². The van der Waals surface area contributed by atoms with Crippen LogP contribution < -0.4 is 0 Å². The molecule has 8 heteroatoms. The SMILES string of the molecule is CC1=NN(C(=O)CSCc2ccccc2)[C@@](O)(C(F)(F)F)C1. The van der Waals surface area contributed by atoms with E-state index in [1.165, 1.54) is 18.7 Å². The molecule has 1 aromatic carbocycles. The van der Waals surface area contributed by atoms with Gasteiger partial charge in [0.25, 0.3) is 11.6 Å². The minimum absolute atomic E-state index is 0.0706. The van der Waals surface area contributed by atoms with Gasteiger partial charge in [0.1, 0.15) is 0 Å². The number of hydrazone groups is 1. The quantitative estimate of drug-likeness (QED) is 0.922. The van der Waals surface area contributed by atoms with E-state index in [-0.39, 0.29) is 16.5 Å². The van der Waals surface area contributed by atoms with Gasteiger partial charge in [-0.25, -0.2) is 0 Å². The molecule has 0 unspecified atom stereocenters. The van der Waals surface area contributed by atoms with E-state index >= 15 is 0 Å². The third kappa shape index (κ3) is 3.44. The lowest BCUT2D eigenvalue weighted by molar-refractivity contribution is -0.301. The number of halogens is 3. The predicted molar refractivity (Wildman–Crippen MR) is 78.2 cm³/mol. The fourth-order valence-corrected chi connectivity index (χ4v) is 2.92. The molecule has 0 fully saturated rings. The number of hydrogen-bond acceptors (Lipinski definition) is 4. The summed E-state index contributed by atoms with van der Waals surface area (Å²) in [5, 5.41) is 13.5. The fourth-order valence-electron chi connectivity index (χ4n) is 2.09. The smallest absolute Gasteiger partial charge is 0.362 e. The van der Waals surface area contributed by atoms with Crippen LogP contribution in [-0.4, -0.2) is 39.4 Å². The van der Waals surface area contributed by atoms with Gasteiger partial charge in [-0.05, 0) is 12.5 Å². The Balaban J connectivity index is 1.99. The van der Waals surface area contributed by atoms with Crippen LogP contribution in [0.15, 0.2) is 35.4 Å². The van der Waals surface area contributed by atoms with E-state index in [4.69, 9.17) is 0 Å². The molecule has 0 aromatic heterocycles. The molecule has 0 aliphatic carbocycles. The molecule has 0 saturated heterocycles. The van der Waals surface area contributed by atoms with Crippen LogP contribution in [0.2, 0.25) is 0 Å². The average molecular weight is 332 g/mol. The van der Waals surface area contributed by atoms with E-state index < -0.39 is 24.2 Å². The predicted octanol–water partition coefficient (Wildman–Crippen LogP) is 2.78. The van der Waals surface area contributed by atoms with Crippen LogP contribution in [0.1, 0.15) is 18.9 Å². The van der Waals surface area contributed by atoms with Crippen molar-refractivity contribution in [1.82, 2.24) is 5.01 Å². The molecule has 0 spiro atoms. The first kappa shape index (κ1) is 16.8. The molecule has 1 amide bonds. The highest BCUT2D eigenvalue weighted by Crippen LogP contribution is 2.40. The Bertz CT molecular complexity index is 577. The second kappa shape index (κ2) is 6.29. The van der Waals surface area contributed by atoms with Crippen molar-refractivity contribution in [2.75, 3.05) is 5.75 Å². The van der Waals surface area contributed by atoms with Crippen LogP contribution in [-0.2, 0) is 10.5 Å². The summed E-state index contributed by atoms with van der Waals surface area (Å²) < 4.78 is 39.0. The van der Waals surface area contributed by atoms with Gasteiger partial charge >= 0.3 is 6.18 Å². The number of amides is 1. The van der Waals surface area contributed by atoms with Crippen LogP contribution in [0.3, 0.4) is 0 Å². The van der Waals surface area contributed by atoms with E-state index in [0.717, 1.165) is 5.56 Å². The van der Waals surface area contributed by atoms with Crippen LogP contribution in [0.25, 0.3) is 0 Å². The zero-order chi connectivity index (χ0) is 16.4. The Labute approximate surface area is 130 Å². The standard InChI is InChI=1S/C14H15F3N2O2S/c1-10-7-13(21,14(15,16)17)19(18-10)12(20)9-22-8-11-5-3-2-4-6-11/h2-6,21H,7-9H2,1H3/t13-/m0/s1. The number of rotatable bonds is 4. The first-order valence-corrected chi connectivity index (χ1v) is 7.67. The van der Waals surface area contributed by atoms with Crippen molar-refractivity contribution >= 4 is 23.4 Å². The monoisotopic (exact) mass is 332 g/mol. The Morgan fingerprint density at radius 3 is 2.64 bits per heavy atom. The fraction of sp³-hybridized carbons (Fsp3) is 0.429. The summed E-state index contributed by atoms with van der Waals surface area (Å²) in [4.78, 5) is 12.0. The molecular formula is C14H15F3N2O2S. The number of nitrogens with zero attached hydrogens (tertiary/aromatic N) is 2. The second-order valence-electron chi connectivity index (χ2n) is 5.01. The van der Waals surface area contributed by atoms with Crippen molar-refractivity contribution in [3.8, 4) is 0 Å². The van der Waals surface area contributed by atoms with Crippen molar-refractivity contribution < 1.29 is 23.1 Å². The van der Waals surface area contributed by atoms with E-state index in [1.54, 1.807) is 0 Å². The molecule has 0 bridgehead atoms. The molecule has 1 atom stereocenters. The first-order valence-electron chi connectivity index (χ1n) is 6.52. The van der Waals surface area contributed by atoms with E-state index in [9.17, 15) is 23.1 Å². The van der Waals surface area contributed by atoms with Crippen LogP contribution >= 0.6 is 11.8 Å². The van der Waals surface area contributed by atoms with Gasteiger partial charge in [0.05, 0.1) is 5.75 Å². The van der Waals surface area contributed by atoms with E-state index in [2.05, 4.69) is 5.10 Å². The average Bonchev–Trinajstić information content (AvgIpc) is 2.76. The lowest BCUT2D eigenvalue weighted by Crippen LogP contribution is -2.57. The number of carbonyl (C=O) groups excluding carboxylic acids is 1.